The number of ether oxygens (including phenoxy) is 4. The number of hydrogen-bond donors (Lipinski definition) is 0. The van der Waals surface area contributed by atoms with Gasteiger partial charge in [-0.1, -0.05) is 109 Å². The van der Waals surface area contributed by atoms with Crippen LogP contribution in [-0.2, 0) is 22.4 Å². The quantitative estimate of drug-likeness (QED) is 0.0318. The summed E-state index contributed by atoms with van der Waals surface area (Å²) < 4.78 is 22.9. The Morgan fingerprint density at radius 2 is 1.15 bits per heavy atom. The summed E-state index contributed by atoms with van der Waals surface area (Å²) in [4.78, 5) is 24.5. The van der Waals surface area contributed by atoms with E-state index in [0.717, 1.165) is 43.4 Å². The van der Waals surface area contributed by atoms with Gasteiger partial charge in [0.1, 0.15) is 17.2 Å². The van der Waals surface area contributed by atoms with Gasteiger partial charge in [-0.15, -0.1) is 0 Å². The molecule has 0 fully saturated rings. The Morgan fingerprint density at radius 3 is 1.72 bits per heavy atom. The molecule has 0 spiro atoms. The Balaban J connectivity index is 1.40. The summed E-state index contributed by atoms with van der Waals surface area (Å²) in [6.07, 6.45) is 17.2. The van der Waals surface area contributed by atoms with Gasteiger partial charge in [0, 0.05) is 12.5 Å². The predicted octanol–water partition coefficient (Wildman–Crippen LogP) is 10.6. The number of aryl methyl sites for hydroxylation is 2. The van der Waals surface area contributed by atoms with Gasteiger partial charge in [0.2, 0.25) is 6.29 Å². The van der Waals surface area contributed by atoms with Crippen LogP contribution in [0.15, 0.2) is 85.5 Å². The van der Waals surface area contributed by atoms with Crippen LogP contribution in [0.2, 0.25) is 0 Å². The normalized spacial score (nSPS) is 11.4. The van der Waals surface area contributed by atoms with Crippen LogP contribution < -0.4 is 14.2 Å². The van der Waals surface area contributed by atoms with Crippen molar-refractivity contribution < 1.29 is 28.5 Å². The zero-order valence-corrected chi connectivity index (χ0v) is 28.6. The molecule has 0 aliphatic carbocycles. The molecule has 254 valence electrons. The van der Waals surface area contributed by atoms with E-state index in [4.69, 9.17) is 18.9 Å². The van der Waals surface area contributed by atoms with Gasteiger partial charge in [-0.3, -0.25) is 0 Å². The first-order valence-electron chi connectivity index (χ1n) is 17.6. The van der Waals surface area contributed by atoms with Gasteiger partial charge in [-0.25, -0.2) is 9.59 Å². The first-order chi connectivity index (χ1) is 23.0. The second kappa shape index (κ2) is 22.5. The molecule has 6 heteroatoms. The van der Waals surface area contributed by atoms with E-state index in [1.807, 2.05) is 60.7 Å². The lowest BCUT2D eigenvalue weighted by atomic mass is 10.0. The molecule has 6 nitrogen and oxygen atoms in total. The van der Waals surface area contributed by atoms with Crippen molar-refractivity contribution in [2.24, 2.45) is 0 Å². The van der Waals surface area contributed by atoms with Crippen molar-refractivity contribution in [2.45, 2.75) is 116 Å². The molecular weight excluding hydrogens is 588 g/mol. The zero-order chi connectivity index (χ0) is 33.5. The van der Waals surface area contributed by atoms with E-state index in [9.17, 15) is 9.59 Å². The molecule has 0 bridgehead atoms. The smallest absolute Gasteiger partial charge is 0.343 e. The molecule has 0 heterocycles. The standard InChI is InChI=1S/C41H54O6/c1-4-7-9-11-12-13-14-15-17-40(47-39(42)6-3)45-37-26-20-33(21-27-37)18-19-34-22-28-38(29-23-34)46-41(43)35-24-30-36(31-25-35)44-32-16-10-8-5-2/h6,20-31,40H,3-5,7-19,32H2,1-2H3. The Bertz CT molecular complexity index is 1300. The van der Waals surface area contributed by atoms with Crippen LogP contribution in [0.1, 0.15) is 119 Å². The Morgan fingerprint density at radius 1 is 0.638 bits per heavy atom. The van der Waals surface area contributed by atoms with Crippen molar-refractivity contribution in [3.63, 3.8) is 0 Å². The molecular formula is C41H54O6. The topological polar surface area (TPSA) is 71.1 Å². The van der Waals surface area contributed by atoms with Crippen LogP contribution in [0.4, 0.5) is 0 Å². The SMILES string of the molecule is C=CC(=O)OC(CCCCCCCCCC)Oc1ccc(CCc2ccc(OC(=O)c3ccc(OCCCCCC)cc3)cc2)cc1. The van der Waals surface area contributed by atoms with Gasteiger partial charge < -0.3 is 18.9 Å². The molecule has 47 heavy (non-hydrogen) atoms. The van der Waals surface area contributed by atoms with Gasteiger partial charge in [0.15, 0.2) is 0 Å². The van der Waals surface area contributed by atoms with Crippen LogP contribution in [0.5, 0.6) is 17.2 Å². The maximum absolute atomic E-state index is 12.6. The van der Waals surface area contributed by atoms with Crippen LogP contribution >= 0.6 is 0 Å². The highest BCUT2D eigenvalue weighted by atomic mass is 16.7. The predicted molar refractivity (Wildman–Crippen MR) is 189 cm³/mol. The number of unbranched alkanes of at least 4 members (excludes halogenated alkanes) is 10. The Kier molecular flexibility index (Phi) is 17.9. The first kappa shape index (κ1) is 37.4. The van der Waals surface area contributed by atoms with Crippen LogP contribution in [0.25, 0.3) is 0 Å². The summed E-state index contributed by atoms with van der Waals surface area (Å²) in [5, 5.41) is 0. The number of hydrogen-bond acceptors (Lipinski definition) is 6. The molecule has 0 amide bonds. The lowest BCUT2D eigenvalue weighted by Crippen LogP contribution is -2.23. The second-order valence-corrected chi connectivity index (χ2v) is 12.1. The van der Waals surface area contributed by atoms with Crippen molar-refractivity contribution in [3.05, 3.63) is 102 Å². The van der Waals surface area contributed by atoms with E-state index < -0.39 is 18.2 Å². The van der Waals surface area contributed by atoms with Crippen molar-refractivity contribution >= 4 is 11.9 Å². The van der Waals surface area contributed by atoms with E-state index in [-0.39, 0.29) is 0 Å². The molecule has 3 aromatic rings. The molecule has 0 radical (unpaired) electrons. The molecule has 1 atom stereocenters. The Labute approximate surface area is 282 Å². The summed E-state index contributed by atoms with van der Waals surface area (Å²) in [6, 6.07) is 22.6. The van der Waals surface area contributed by atoms with Crippen LogP contribution in [0.3, 0.4) is 0 Å². The van der Waals surface area contributed by atoms with Crippen LogP contribution in [-0.4, -0.2) is 24.8 Å². The average molecular weight is 643 g/mol. The lowest BCUT2D eigenvalue weighted by Gasteiger charge is -2.19. The van der Waals surface area contributed by atoms with Crippen molar-refractivity contribution in [3.8, 4) is 17.2 Å². The molecule has 0 saturated carbocycles. The van der Waals surface area contributed by atoms with E-state index >= 15 is 0 Å². The van der Waals surface area contributed by atoms with Gasteiger partial charge in [-0.05, 0) is 85.3 Å². The number of benzene rings is 3. The van der Waals surface area contributed by atoms with E-state index in [1.165, 1.54) is 69.4 Å². The molecule has 0 aliphatic heterocycles. The van der Waals surface area contributed by atoms with Crippen molar-refractivity contribution in [1.82, 2.24) is 0 Å². The van der Waals surface area contributed by atoms with Crippen molar-refractivity contribution in [2.75, 3.05) is 6.61 Å². The average Bonchev–Trinajstić information content (AvgIpc) is 3.09. The number of esters is 2. The second-order valence-electron chi connectivity index (χ2n) is 12.1. The molecule has 0 aromatic heterocycles. The summed E-state index contributed by atoms with van der Waals surface area (Å²) in [7, 11) is 0. The van der Waals surface area contributed by atoms with Gasteiger partial charge in [-0.2, -0.15) is 0 Å². The first-order valence-corrected chi connectivity index (χ1v) is 17.6. The fourth-order valence-corrected chi connectivity index (χ4v) is 5.24. The summed E-state index contributed by atoms with van der Waals surface area (Å²) in [5.74, 6) is 1.08. The highest BCUT2D eigenvalue weighted by Crippen LogP contribution is 2.21. The fourth-order valence-electron chi connectivity index (χ4n) is 5.24. The summed E-state index contributed by atoms with van der Waals surface area (Å²) >= 11 is 0. The molecule has 0 saturated heterocycles. The molecule has 0 aliphatic rings. The molecule has 3 rings (SSSR count). The summed E-state index contributed by atoms with van der Waals surface area (Å²) in [5.41, 5.74) is 2.80. The maximum Gasteiger partial charge on any atom is 0.343 e. The number of rotatable bonds is 24. The van der Waals surface area contributed by atoms with Gasteiger partial charge in [0.05, 0.1) is 12.2 Å². The maximum atomic E-state index is 12.6. The fraction of sp³-hybridized carbons (Fsp3) is 0.463. The minimum Gasteiger partial charge on any atom is -0.494 e. The molecule has 0 N–H and O–H groups in total. The van der Waals surface area contributed by atoms with E-state index in [1.54, 1.807) is 12.1 Å². The molecule has 1 unspecified atom stereocenters. The number of carbonyl (C=O) groups excluding carboxylic acids is 2. The van der Waals surface area contributed by atoms with Gasteiger partial charge in [0.25, 0.3) is 0 Å². The highest BCUT2D eigenvalue weighted by molar-refractivity contribution is 5.91. The van der Waals surface area contributed by atoms with E-state index in [2.05, 4.69) is 20.4 Å². The third-order valence-corrected chi connectivity index (χ3v) is 8.09. The third kappa shape index (κ3) is 15.4. The lowest BCUT2D eigenvalue weighted by molar-refractivity contribution is -0.158. The minimum absolute atomic E-state index is 0.395. The van der Waals surface area contributed by atoms with E-state index in [0.29, 0.717) is 30.1 Å². The highest BCUT2D eigenvalue weighted by Gasteiger charge is 2.15. The minimum atomic E-state index is -0.627. The van der Waals surface area contributed by atoms with Crippen LogP contribution in [0, 0.1) is 0 Å². The van der Waals surface area contributed by atoms with Gasteiger partial charge >= 0.3 is 11.9 Å². The van der Waals surface area contributed by atoms with Crippen molar-refractivity contribution in [1.29, 1.82) is 0 Å². The molecule has 3 aromatic carbocycles. The monoisotopic (exact) mass is 642 g/mol. The Hall–Kier alpha value is -4.06. The zero-order valence-electron chi connectivity index (χ0n) is 28.6. The summed E-state index contributed by atoms with van der Waals surface area (Å²) in [6.45, 7) is 8.62. The largest absolute Gasteiger partial charge is 0.494 e. The third-order valence-electron chi connectivity index (χ3n) is 8.09. The number of carbonyl (C=O) groups is 2.